The molecule has 1 N–H and O–H groups in total. The third-order valence-corrected chi connectivity index (χ3v) is 6.90. The molecule has 172 valence electrons. The monoisotopic (exact) mass is 449 g/mol. The quantitative estimate of drug-likeness (QED) is 0.466. The molecule has 1 aromatic carbocycles. The van der Waals surface area contributed by atoms with Gasteiger partial charge in [0.1, 0.15) is 23.3 Å². The van der Waals surface area contributed by atoms with Gasteiger partial charge in [-0.15, -0.1) is 0 Å². The molecule has 2 aliphatic rings. The predicted molar refractivity (Wildman–Crippen MR) is 127 cm³/mol. The fraction of sp³-hybridized carbons (Fsp3) is 0.440. The summed E-state index contributed by atoms with van der Waals surface area (Å²) in [6.45, 7) is 1.11. The Balaban J connectivity index is 1.24. The van der Waals surface area contributed by atoms with E-state index in [2.05, 4.69) is 35.4 Å². The summed E-state index contributed by atoms with van der Waals surface area (Å²) in [7, 11) is 4.27. The van der Waals surface area contributed by atoms with Gasteiger partial charge in [-0.3, -0.25) is 0 Å². The maximum absolute atomic E-state index is 13.8. The summed E-state index contributed by atoms with van der Waals surface area (Å²) in [5, 5.41) is 4.46. The van der Waals surface area contributed by atoms with Crippen molar-refractivity contribution in [3.8, 4) is 0 Å². The summed E-state index contributed by atoms with van der Waals surface area (Å²) in [6.07, 6.45) is 3.64. The van der Waals surface area contributed by atoms with Gasteiger partial charge in [0, 0.05) is 35.6 Å². The summed E-state index contributed by atoms with van der Waals surface area (Å²) >= 11 is 0. The molecule has 33 heavy (non-hydrogen) atoms. The van der Waals surface area contributed by atoms with Crippen LogP contribution in [0.15, 0.2) is 39.2 Å². The molecule has 4 aromatic rings. The van der Waals surface area contributed by atoms with Crippen molar-refractivity contribution in [1.29, 1.82) is 0 Å². The first-order valence-electron chi connectivity index (χ1n) is 11.7. The molecule has 1 unspecified atom stereocenters. The van der Waals surface area contributed by atoms with Crippen molar-refractivity contribution in [2.45, 2.75) is 44.3 Å². The van der Waals surface area contributed by atoms with Gasteiger partial charge >= 0.3 is 0 Å². The highest BCUT2D eigenvalue weighted by atomic mass is 19.1. The average molecular weight is 450 g/mol. The van der Waals surface area contributed by atoms with Gasteiger partial charge in [-0.25, -0.2) is 4.39 Å². The molecule has 1 fully saturated rings. The van der Waals surface area contributed by atoms with Gasteiger partial charge in [0.2, 0.25) is 5.71 Å². The maximum atomic E-state index is 13.8. The standard InChI is InChI=1S/C25H28FN5O2/c1-30(2)17-6-9-21-19(13-17)18-7-10-23(29-24(18)32-21)27-16-5-8-22-20(12-16)28-25(33-22)31-11-3-4-15(26)14-31/h5,7-8,10,12,15,17H,3-4,6,9,11,13-14H2,1-2H3,(H,27,29)/t15-,17?/m0/s1. The number of fused-ring (bicyclic) bond motifs is 4. The van der Waals surface area contributed by atoms with Crippen LogP contribution < -0.4 is 10.2 Å². The van der Waals surface area contributed by atoms with Gasteiger partial charge in [-0.2, -0.15) is 9.97 Å². The Labute approximate surface area is 191 Å². The Hall–Kier alpha value is -3.13. The van der Waals surface area contributed by atoms with Gasteiger partial charge in [-0.1, -0.05) is 0 Å². The van der Waals surface area contributed by atoms with E-state index in [1.807, 2.05) is 29.2 Å². The van der Waals surface area contributed by atoms with Gasteiger partial charge in [-0.05, 0) is 70.1 Å². The summed E-state index contributed by atoms with van der Waals surface area (Å²) in [5.41, 5.74) is 4.26. The number of nitrogens with one attached hydrogen (secondary N) is 1. The number of alkyl halides is 1. The molecular weight excluding hydrogens is 421 g/mol. The van der Waals surface area contributed by atoms with Crippen molar-refractivity contribution in [3.63, 3.8) is 0 Å². The number of hydrogen-bond acceptors (Lipinski definition) is 7. The Morgan fingerprint density at radius 1 is 1.12 bits per heavy atom. The molecule has 4 heterocycles. The van der Waals surface area contributed by atoms with E-state index in [-0.39, 0.29) is 0 Å². The van der Waals surface area contributed by atoms with Gasteiger partial charge < -0.3 is 24.0 Å². The van der Waals surface area contributed by atoms with E-state index in [4.69, 9.17) is 13.8 Å². The second-order valence-electron chi connectivity index (χ2n) is 9.40. The summed E-state index contributed by atoms with van der Waals surface area (Å²) < 4.78 is 25.8. The molecule has 1 aliphatic heterocycles. The normalized spacial score (nSPS) is 21.2. The summed E-state index contributed by atoms with van der Waals surface area (Å²) in [5.74, 6) is 1.79. The molecule has 0 radical (unpaired) electrons. The highest BCUT2D eigenvalue weighted by molar-refractivity contribution is 5.83. The third-order valence-electron chi connectivity index (χ3n) is 6.90. The van der Waals surface area contributed by atoms with Crippen molar-refractivity contribution in [1.82, 2.24) is 14.9 Å². The van der Waals surface area contributed by atoms with Crippen LogP contribution in [0.5, 0.6) is 0 Å². The molecule has 0 saturated carbocycles. The molecule has 3 aromatic heterocycles. The van der Waals surface area contributed by atoms with E-state index in [1.165, 1.54) is 5.56 Å². The largest absolute Gasteiger partial charge is 0.442 e. The number of oxazole rings is 1. The van der Waals surface area contributed by atoms with E-state index < -0.39 is 6.17 Å². The number of piperidine rings is 1. The number of nitrogens with zero attached hydrogens (tertiary/aromatic N) is 4. The number of aryl methyl sites for hydroxylation is 1. The Bertz CT molecular complexity index is 1310. The fourth-order valence-electron chi connectivity index (χ4n) is 5.02. The minimum atomic E-state index is -0.826. The molecule has 2 atom stereocenters. The molecule has 6 rings (SSSR count). The maximum Gasteiger partial charge on any atom is 0.298 e. The first-order valence-corrected chi connectivity index (χ1v) is 11.7. The SMILES string of the molecule is CN(C)C1CCc2oc3nc(Nc4ccc5oc(N6CCC[C@H](F)C6)nc5c4)ccc3c2C1. The fourth-order valence-corrected chi connectivity index (χ4v) is 5.02. The zero-order valence-electron chi connectivity index (χ0n) is 19.0. The molecule has 0 bridgehead atoms. The van der Waals surface area contributed by atoms with E-state index in [9.17, 15) is 4.39 Å². The molecule has 8 heteroatoms. The second kappa shape index (κ2) is 8.02. The minimum Gasteiger partial charge on any atom is -0.442 e. The lowest BCUT2D eigenvalue weighted by atomic mass is 9.91. The summed E-state index contributed by atoms with van der Waals surface area (Å²) in [6, 6.07) is 10.9. The van der Waals surface area contributed by atoms with E-state index >= 15 is 0 Å². The van der Waals surface area contributed by atoms with Crippen molar-refractivity contribution in [2.24, 2.45) is 0 Å². The van der Waals surface area contributed by atoms with Crippen LogP contribution in [0, 0.1) is 0 Å². The lowest BCUT2D eigenvalue weighted by Crippen LogP contribution is -2.36. The van der Waals surface area contributed by atoms with Crippen LogP contribution in [0.1, 0.15) is 30.6 Å². The first kappa shape index (κ1) is 20.5. The Kier molecular flexibility index (Phi) is 4.98. The minimum absolute atomic E-state index is 0.338. The topological polar surface area (TPSA) is 70.6 Å². The lowest BCUT2D eigenvalue weighted by Gasteiger charge is -2.27. The number of furan rings is 1. The van der Waals surface area contributed by atoms with Crippen LogP contribution in [0.2, 0.25) is 0 Å². The first-order chi connectivity index (χ1) is 16.0. The van der Waals surface area contributed by atoms with Crippen molar-refractivity contribution >= 4 is 39.7 Å². The van der Waals surface area contributed by atoms with Crippen LogP contribution in [-0.4, -0.2) is 54.3 Å². The van der Waals surface area contributed by atoms with Crippen molar-refractivity contribution < 1.29 is 13.2 Å². The van der Waals surface area contributed by atoms with Crippen LogP contribution in [0.4, 0.5) is 21.9 Å². The van der Waals surface area contributed by atoms with E-state index in [1.54, 1.807) is 0 Å². The Morgan fingerprint density at radius 3 is 2.88 bits per heavy atom. The number of pyridine rings is 1. The number of hydrogen-bond donors (Lipinski definition) is 1. The second-order valence-corrected chi connectivity index (χ2v) is 9.40. The van der Waals surface area contributed by atoms with Crippen molar-refractivity contribution in [2.75, 3.05) is 37.4 Å². The number of halogens is 1. The predicted octanol–water partition coefficient (Wildman–Crippen LogP) is 5.07. The zero-order chi connectivity index (χ0) is 22.5. The van der Waals surface area contributed by atoms with Gasteiger partial charge in [0.15, 0.2) is 5.58 Å². The van der Waals surface area contributed by atoms with Crippen LogP contribution in [-0.2, 0) is 12.8 Å². The number of likely N-dealkylation sites (N-methyl/N-ethyl adjacent to an activating group) is 1. The zero-order valence-corrected chi connectivity index (χ0v) is 19.0. The highest BCUT2D eigenvalue weighted by Crippen LogP contribution is 2.34. The summed E-state index contributed by atoms with van der Waals surface area (Å²) in [4.78, 5) is 13.5. The number of aromatic nitrogens is 2. The Morgan fingerprint density at radius 2 is 2.03 bits per heavy atom. The van der Waals surface area contributed by atoms with Gasteiger partial charge in [0.25, 0.3) is 6.01 Å². The van der Waals surface area contributed by atoms with Crippen LogP contribution in [0.25, 0.3) is 22.2 Å². The number of benzene rings is 1. The third kappa shape index (κ3) is 3.82. The van der Waals surface area contributed by atoms with E-state index in [0.717, 1.165) is 60.4 Å². The van der Waals surface area contributed by atoms with Crippen LogP contribution >= 0.6 is 0 Å². The van der Waals surface area contributed by atoms with Crippen molar-refractivity contribution in [3.05, 3.63) is 41.7 Å². The number of anilines is 3. The lowest BCUT2D eigenvalue weighted by molar-refractivity contribution is 0.260. The molecule has 0 spiro atoms. The molecule has 0 amide bonds. The highest BCUT2D eigenvalue weighted by Gasteiger charge is 2.26. The van der Waals surface area contributed by atoms with Crippen LogP contribution in [0.3, 0.4) is 0 Å². The smallest absolute Gasteiger partial charge is 0.298 e. The number of rotatable bonds is 4. The molecule has 1 aliphatic carbocycles. The molecule has 7 nitrogen and oxygen atoms in total. The van der Waals surface area contributed by atoms with E-state index in [0.29, 0.717) is 36.3 Å². The average Bonchev–Trinajstić information content (AvgIpc) is 3.39. The molecule has 1 saturated heterocycles. The molecular formula is C25H28FN5O2. The van der Waals surface area contributed by atoms with Gasteiger partial charge in [0.05, 0.1) is 6.54 Å².